The zero-order valence-corrected chi connectivity index (χ0v) is 7.67. The third kappa shape index (κ3) is 1.92. The Morgan fingerprint density at radius 3 is 2.91 bits per heavy atom. The molecule has 58 valence electrons. The van der Waals surface area contributed by atoms with Crippen LogP contribution in [0.15, 0.2) is 0 Å². The zero-order chi connectivity index (χ0) is 8.27. The van der Waals surface area contributed by atoms with Crippen molar-refractivity contribution < 1.29 is 0 Å². The summed E-state index contributed by atoms with van der Waals surface area (Å²) in [6, 6.07) is 1.94. The molecule has 0 saturated heterocycles. The van der Waals surface area contributed by atoms with Gasteiger partial charge in [0.15, 0.2) is 5.69 Å². The number of hydrogen-bond donors (Lipinski definition) is 0. The smallest absolute Gasteiger partial charge is 0.170 e. The highest BCUT2D eigenvalue weighted by Crippen LogP contribution is 2.24. The van der Waals surface area contributed by atoms with Gasteiger partial charge in [-0.25, -0.2) is 4.98 Å². The van der Waals surface area contributed by atoms with Gasteiger partial charge in [-0.1, -0.05) is 18.5 Å². The lowest BCUT2D eigenvalue weighted by molar-refractivity contribution is 0.907. The van der Waals surface area contributed by atoms with Gasteiger partial charge in [-0.05, 0) is 12.8 Å². The second kappa shape index (κ2) is 3.70. The molecular weight excluding hydrogens is 180 g/mol. The topological polar surface area (TPSA) is 36.7 Å². The summed E-state index contributed by atoms with van der Waals surface area (Å²) >= 11 is 7.11. The second-order valence-corrected chi connectivity index (χ2v) is 3.78. The summed E-state index contributed by atoms with van der Waals surface area (Å²) < 4.78 is 0.510. The summed E-state index contributed by atoms with van der Waals surface area (Å²) in [5, 5.41) is 9.46. The summed E-state index contributed by atoms with van der Waals surface area (Å²) in [6.07, 6.45) is 1.95. The first-order chi connectivity index (χ1) is 5.27. The summed E-state index contributed by atoms with van der Waals surface area (Å²) in [5.74, 6) is 0. The van der Waals surface area contributed by atoms with Crippen LogP contribution < -0.4 is 0 Å². The predicted molar refractivity (Wildman–Crippen MR) is 45.8 cm³/mol. The molecule has 0 amide bonds. The van der Waals surface area contributed by atoms with Crippen molar-refractivity contribution >= 4 is 22.9 Å². The van der Waals surface area contributed by atoms with Gasteiger partial charge in [-0.2, -0.15) is 5.26 Å². The Labute approximate surface area is 74.4 Å². The molecule has 11 heavy (non-hydrogen) atoms. The summed E-state index contributed by atoms with van der Waals surface area (Å²) in [7, 11) is 0. The Hall–Kier alpha value is -0.590. The molecule has 1 rings (SSSR count). The van der Waals surface area contributed by atoms with Crippen molar-refractivity contribution in [3.63, 3.8) is 0 Å². The van der Waals surface area contributed by atoms with E-state index in [1.54, 1.807) is 0 Å². The molecule has 0 aliphatic heterocycles. The standard InChI is InChI=1S/C7H7ClN2S/c1-2-3-6-10-5(4-9)7(8)11-6/h2-3H2,1H3. The van der Waals surface area contributed by atoms with Gasteiger partial charge in [-0.15, -0.1) is 11.3 Å². The van der Waals surface area contributed by atoms with Gasteiger partial charge >= 0.3 is 0 Å². The van der Waals surface area contributed by atoms with Crippen molar-refractivity contribution in [1.29, 1.82) is 5.26 Å². The quantitative estimate of drug-likeness (QED) is 0.712. The third-order valence-corrected chi connectivity index (χ3v) is 2.51. The van der Waals surface area contributed by atoms with E-state index in [4.69, 9.17) is 16.9 Å². The molecule has 2 nitrogen and oxygen atoms in total. The Balaban J connectivity index is 2.89. The van der Waals surface area contributed by atoms with Gasteiger partial charge in [0, 0.05) is 0 Å². The molecule has 0 spiro atoms. The number of nitriles is 1. The molecule has 0 N–H and O–H groups in total. The van der Waals surface area contributed by atoms with E-state index in [-0.39, 0.29) is 0 Å². The average molecular weight is 187 g/mol. The first-order valence-electron chi connectivity index (χ1n) is 3.33. The highest BCUT2D eigenvalue weighted by Gasteiger charge is 2.06. The van der Waals surface area contributed by atoms with Gasteiger partial charge < -0.3 is 0 Å². The van der Waals surface area contributed by atoms with Crippen molar-refractivity contribution in [3.8, 4) is 6.07 Å². The maximum absolute atomic E-state index is 8.51. The van der Waals surface area contributed by atoms with Gasteiger partial charge in [0.1, 0.15) is 10.4 Å². The molecule has 0 saturated carbocycles. The molecular formula is C7H7ClN2S. The van der Waals surface area contributed by atoms with Crippen LogP contribution in [0.2, 0.25) is 4.34 Å². The number of hydrogen-bond acceptors (Lipinski definition) is 3. The summed E-state index contributed by atoms with van der Waals surface area (Å²) in [5.41, 5.74) is 0.361. The van der Waals surface area contributed by atoms with Crippen LogP contribution in [0.5, 0.6) is 0 Å². The number of nitrogens with zero attached hydrogens (tertiary/aromatic N) is 2. The summed E-state index contributed by atoms with van der Waals surface area (Å²) in [6.45, 7) is 2.07. The zero-order valence-electron chi connectivity index (χ0n) is 6.09. The second-order valence-electron chi connectivity index (χ2n) is 2.09. The van der Waals surface area contributed by atoms with Crippen LogP contribution in [0.25, 0.3) is 0 Å². The highest BCUT2D eigenvalue weighted by atomic mass is 35.5. The van der Waals surface area contributed by atoms with E-state index >= 15 is 0 Å². The maximum Gasteiger partial charge on any atom is 0.170 e. The molecule has 0 aromatic carbocycles. The minimum absolute atomic E-state index is 0.361. The fraction of sp³-hybridized carbons (Fsp3) is 0.429. The van der Waals surface area contributed by atoms with Crippen LogP contribution in [-0.2, 0) is 6.42 Å². The van der Waals surface area contributed by atoms with E-state index in [1.165, 1.54) is 11.3 Å². The average Bonchev–Trinajstić information content (AvgIpc) is 2.32. The number of halogens is 1. The Bertz CT molecular complexity index is 287. The lowest BCUT2D eigenvalue weighted by atomic mass is 10.3. The first-order valence-corrected chi connectivity index (χ1v) is 4.52. The van der Waals surface area contributed by atoms with Crippen LogP contribution in [0.1, 0.15) is 24.0 Å². The minimum atomic E-state index is 0.361. The van der Waals surface area contributed by atoms with E-state index in [0.29, 0.717) is 10.0 Å². The van der Waals surface area contributed by atoms with Crippen molar-refractivity contribution in [2.75, 3.05) is 0 Å². The third-order valence-electron chi connectivity index (χ3n) is 1.20. The number of thiazole rings is 1. The van der Waals surface area contributed by atoms with E-state index in [2.05, 4.69) is 11.9 Å². The molecule has 0 atom stereocenters. The van der Waals surface area contributed by atoms with Crippen molar-refractivity contribution in [2.24, 2.45) is 0 Å². The van der Waals surface area contributed by atoms with Crippen LogP contribution >= 0.6 is 22.9 Å². The SMILES string of the molecule is CCCc1nc(C#N)c(Cl)s1. The first kappa shape index (κ1) is 8.51. The van der Waals surface area contributed by atoms with Gasteiger partial charge in [-0.3, -0.25) is 0 Å². The fourth-order valence-corrected chi connectivity index (χ4v) is 1.92. The van der Waals surface area contributed by atoms with E-state index in [9.17, 15) is 0 Å². The molecule has 0 unspecified atom stereocenters. The van der Waals surface area contributed by atoms with Gasteiger partial charge in [0.2, 0.25) is 0 Å². The van der Waals surface area contributed by atoms with Gasteiger partial charge in [0.25, 0.3) is 0 Å². The Morgan fingerprint density at radius 1 is 1.73 bits per heavy atom. The van der Waals surface area contributed by atoms with Crippen LogP contribution in [0, 0.1) is 11.3 Å². The van der Waals surface area contributed by atoms with E-state index < -0.39 is 0 Å². The monoisotopic (exact) mass is 186 g/mol. The molecule has 0 bridgehead atoms. The Kier molecular flexibility index (Phi) is 2.86. The van der Waals surface area contributed by atoms with Crippen LogP contribution in [0.4, 0.5) is 0 Å². The summed E-state index contributed by atoms with van der Waals surface area (Å²) in [4.78, 5) is 4.04. The van der Waals surface area contributed by atoms with E-state index in [1.807, 2.05) is 6.07 Å². The molecule has 4 heteroatoms. The lowest BCUT2D eigenvalue weighted by Gasteiger charge is -1.84. The van der Waals surface area contributed by atoms with Crippen molar-refractivity contribution in [3.05, 3.63) is 15.0 Å². The lowest BCUT2D eigenvalue weighted by Crippen LogP contribution is -1.80. The molecule has 1 aromatic rings. The maximum atomic E-state index is 8.51. The molecule has 1 aromatic heterocycles. The molecule has 0 aliphatic carbocycles. The number of aryl methyl sites for hydroxylation is 1. The predicted octanol–water partition coefficient (Wildman–Crippen LogP) is 2.62. The molecule has 0 radical (unpaired) electrons. The molecule has 0 fully saturated rings. The fourth-order valence-electron chi connectivity index (χ4n) is 0.733. The van der Waals surface area contributed by atoms with E-state index in [0.717, 1.165) is 17.8 Å². The van der Waals surface area contributed by atoms with Gasteiger partial charge in [0.05, 0.1) is 5.01 Å². The Morgan fingerprint density at radius 2 is 2.45 bits per heavy atom. The number of rotatable bonds is 2. The van der Waals surface area contributed by atoms with Crippen molar-refractivity contribution in [2.45, 2.75) is 19.8 Å². The van der Waals surface area contributed by atoms with Crippen LogP contribution in [-0.4, -0.2) is 4.98 Å². The minimum Gasteiger partial charge on any atom is -0.229 e. The van der Waals surface area contributed by atoms with Crippen molar-refractivity contribution in [1.82, 2.24) is 4.98 Å². The molecule has 1 heterocycles. The van der Waals surface area contributed by atoms with Crippen LogP contribution in [0.3, 0.4) is 0 Å². The number of aromatic nitrogens is 1. The molecule has 0 aliphatic rings. The largest absolute Gasteiger partial charge is 0.229 e. The highest BCUT2D eigenvalue weighted by molar-refractivity contribution is 7.16. The normalized spacial score (nSPS) is 9.55.